The minimum atomic E-state index is -0.525. The van der Waals surface area contributed by atoms with Gasteiger partial charge in [0.2, 0.25) is 5.91 Å². The zero-order valence-electron chi connectivity index (χ0n) is 12.2. The lowest BCUT2D eigenvalue weighted by atomic mass is 10.1. The van der Waals surface area contributed by atoms with E-state index in [2.05, 4.69) is 15.2 Å². The summed E-state index contributed by atoms with van der Waals surface area (Å²) in [5.41, 5.74) is 3.09. The average Bonchev–Trinajstić information content (AvgIpc) is 2.89. The summed E-state index contributed by atoms with van der Waals surface area (Å²) in [6.45, 7) is 3.97. The largest absolute Gasteiger partial charge is 0.464 e. The number of benzene rings is 1. The number of carbonyl (C=O) groups is 2. The quantitative estimate of drug-likeness (QED) is 0.872. The number of ether oxygens (including phenoxy) is 1. The molecule has 1 amide bonds. The maximum Gasteiger partial charge on any atom is 0.358 e. The van der Waals surface area contributed by atoms with Crippen LogP contribution in [0.5, 0.6) is 0 Å². The highest BCUT2D eigenvalue weighted by Crippen LogP contribution is 2.15. The SMILES string of the molecule is COC(=O)c1ccn(CC(=O)Nc2ccc(C)cc2C)n1. The van der Waals surface area contributed by atoms with E-state index in [0.29, 0.717) is 0 Å². The molecule has 0 spiro atoms. The number of methoxy groups -OCH3 is 1. The molecule has 1 aromatic heterocycles. The van der Waals surface area contributed by atoms with Crippen molar-refractivity contribution in [2.45, 2.75) is 20.4 Å². The molecule has 2 rings (SSSR count). The molecule has 6 heteroatoms. The summed E-state index contributed by atoms with van der Waals surface area (Å²) in [6, 6.07) is 7.31. The summed E-state index contributed by atoms with van der Waals surface area (Å²) < 4.78 is 5.96. The van der Waals surface area contributed by atoms with Gasteiger partial charge in [0.1, 0.15) is 6.54 Å². The molecule has 6 nitrogen and oxygen atoms in total. The van der Waals surface area contributed by atoms with Crippen molar-refractivity contribution in [1.29, 1.82) is 0 Å². The average molecular weight is 287 g/mol. The van der Waals surface area contributed by atoms with Crippen LogP contribution in [0.15, 0.2) is 30.5 Å². The van der Waals surface area contributed by atoms with Crippen molar-refractivity contribution >= 4 is 17.6 Å². The van der Waals surface area contributed by atoms with Crippen LogP contribution in [0.25, 0.3) is 0 Å². The molecule has 0 bridgehead atoms. The lowest BCUT2D eigenvalue weighted by Crippen LogP contribution is -2.20. The Morgan fingerprint density at radius 2 is 2.05 bits per heavy atom. The second kappa shape index (κ2) is 6.21. The van der Waals surface area contributed by atoms with Crippen molar-refractivity contribution < 1.29 is 14.3 Å². The Hall–Kier alpha value is -2.63. The van der Waals surface area contributed by atoms with Gasteiger partial charge >= 0.3 is 5.97 Å². The zero-order valence-corrected chi connectivity index (χ0v) is 12.2. The molecule has 0 saturated carbocycles. The molecule has 0 fully saturated rings. The van der Waals surface area contributed by atoms with Crippen LogP contribution in [0.2, 0.25) is 0 Å². The molecule has 1 heterocycles. The first-order valence-electron chi connectivity index (χ1n) is 6.48. The number of amides is 1. The maximum atomic E-state index is 12.0. The van der Waals surface area contributed by atoms with Crippen LogP contribution in [-0.4, -0.2) is 28.8 Å². The molecule has 2 aromatic rings. The molecule has 0 unspecified atom stereocenters. The van der Waals surface area contributed by atoms with Gasteiger partial charge in [-0.1, -0.05) is 17.7 Å². The molecule has 0 atom stereocenters. The fourth-order valence-corrected chi connectivity index (χ4v) is 1.95. The molecular weight excluding hydrogens is 270 g/mol. The molecule has 0 radical (unpaired) electrons. The first-order valence-corrected chi connectivity index (χ1v) is 6.48. The fraction of sp³-hybridized carbons (Fsp3) is 0.267. The summed E-state index contributed by atoms with van der Waals surface area (Å²) >= 11 is 0. The van der Waals surface area contributed by atoms with Crippen molar-refractivity contribution in [1.82, 2.24) is 9.78 Å². The Morgan fingerprint density at radius 3 is 2.71 bits per heavy atom. The number of hydrogen-bond donors (Lipinski definition) is 1. The van der Waals surface area contributed by atoms with E-state index in [4.69, 9.17) is 0 Å². The maximum absolute atomic E-state index is 12.0. The molecule has 110 valence electrons. The van der Waals surface area contributed by atoms with Crippen molar-refractivity contribution in [3.05, 3.63) is 47.3 Å². The second-order valence-electron chi connectivity index (χ2n) is 4.76. The molecular formula is C15H17N3O3. The number of aryl methyl sites for hydroxylation is 2. The van der Waals surface area contributed by atoms with E-state index < -0.39 is 5.97 Å². The van der Waals surface area contributed by atoms with Crippen molar-refractivity contribution in [3.63, 3.8) is 0 Å². The predicted molar refractivity (Wildman–Crippen MR) is 78.1 cm³/mol. The van der Waals surface area contributed by atoms with E-state index in [1.54, 1.807) is 6.20 Å². The van der Waals surface area contributed by atoms with Crippen LogP contribution >= 0.6 is 0 Å². The van der Waals surface area contributed by atoms with Crippen LogP contribution < -0.4 is 5.32 Å². The molecule has 1 aromatic carbocycles. The van der Waals surface area contributed by atoms with Crippen molar-refractivity contribution in [3.8, 4) is 0 Å². The van der Waals surface area contributed by atoms with Gasteiger partial charge in [-0.25, -0.2) is 4.79 Å². The van der Waals surface area contributed by atoms with Gasteiger partial charge in [-0.2, -0.15) is 5.10 Å². The van der Waals surface area contributed by atoms with Crippen LogP contribution in [-0.2, 0) is 16.1 Å². The summed E-state index contributed by atoms with van der Waals surface area (Å²) in [7, 11) is 1.29. The lowest BCUT2D eigenvalue weighted by molar-refractivity contribution is -0.116. The van der Waals surface area contributed by atoms with Gasteiger partial charge in [0.25, 0.3) is 0 Å². The summed E-state index contributed by atoms with van der Waals surface area (Å²) in [6.07, 6.45) is 1.56. The van der Waals surface area contributed by atoms with Crippen LogP contribution in [0.1, 0.15) is 21.6 Å². The number of nitrogens with one attached hydrogen (secondary N) is 1. The number of hydrogen-bond acceptors (Lipinski definition) is 4. The standard InChI is InChI=1S/C15H17N3O3/c1-10-4-5-12(11(2)8-10)16-14(19)9-18-7-6-13(17-18)15(20)21-3/h4-8H,9H2,1-3H3,(H,16,19). The first kappa shape index (κ1) is 14.8. The molecule has 0 aliphatic heterocycles. The van der Waals surface area contributed by atoms with E-state index in [-0.39, 0.29) is 18.1 Å². The van der Waals surface area contributed by atoms with E-state index in [0.717, 1.165) is 16.8 Å². The first-order chi connectivity index (χ1) is 9.99. The van der Waals surface area contributed by atoms with E-state index in [9.17, 15) is 9.59 Å². The van der Waals surface area contributed by atoms with Crippen LogP contribution in [0.3, 0.4) is 0 Å². The normalized spacial score (nSPS) is 10.2. The van der Waals surface area contributed by atoms with E-state index in [1.165, 1.54) is 17.9 Å². The highest BCUT2D eigenvalue weighted by atomic mass is 16.5. The van der Waals surface area contributed by atoms with Gasteiger partial charge in [-0.15, -0.1) is 0 Å². The highest BCUT2D eigenvalue weighted by molar-refractivity contribution is 5.91. The monoisotopic (exact) mass is 287 g/mol. The third-order valence-electron chi connectivity index (χ3n) is 3.00. The molecule has 1 N–H and O–H groups in total. The fourth-order valence-electron chi connectivity index (χ4n) is 1.95. The van der Waals surface area contributed by atoms with Gasteiger partial charge in [0, 0.05) is 11.9 Å². The third-order valence-corrected chi connectivity index (χ3v) is 3.00. The number of esters is 1. The van der Waals surface area contributed by atoms with Gasteiger partial charge < -0.3 is 10.1 Å². The number of rotatable bonds is 4. The van der Waals surface area contributed by atoms with E-state index in [1.807, 2.05) is 32.0 Å². The van der Waals surface area contributed by atoms with Crippen LogP contribution in [0, 0.1) is 13.8 Å². The number of anilines is 1. The number of nitrogens with zero attached hydrogens (tertiary/aromatic N) is 2. The minimum Gasteiger partial charge on any atom is -0.464 e. The van der Waals surface area contributed by atoms with E-state index >= 15 is 0 Å². The minimum absolute atomic E-state index is 0.0321. The van der Waals surface area contributed by atoms with Crippen LogP contribution in [0.4, 0.5) is 5.69 Å². The van der Waals surface area contributed by atoms with Gasteiger partial charge in [-0.05, 0) is 31.5 Å². The third kappa shape index (κ3) is 3.68. The Bertz CT molecular complexity index is 677. The predicted octanol–water partition coefficient (Wildman–Crippen LogP) is 1.93. The zero-order chi connectivity index (χ0) is 15.4. The smallest absolute Gasteiger partial charge is 0.358 e. The van der Waals surface area contributed by atoms with Gasteiger partial charge in [0.15, 0.2) is 5.69 Å². The number of aromatic nitrogens is 2. The topological polar surface area (TPSA) is 73.2 Å². The summed E-state index contributed by atoms with van der Waals surface area (Å²) in [4.78, 5) is 23.3. The Labute approximate surface area is 122 Å². The van der Waals surface area contributed by atoms with Gasteiger partial charge in [-0.3, -0.25) is 9.48 Å². The lowest BCUT2D eigenvalue weighted by Gasteiger charge is -2.09. The molecule has 21 heavy (non-hydrogen) atoms. The summed E-state index contributed by atoms with van der Waals surface area (Å²) in [5, 5.41) is 6.80. The highest BCUT2D eigenvalue weighted by Gasteiger charge is 2.11. The number of carbonyl (C=O) groups excluding carboxylic acids is 2. The molecule has 0 aliphatic carbocycles. The summed E-state index contributed by atoms with van der Waals surface area (Å²) in [5.74, 6) is -0.731. The van der Waals surface area contributed by atoms with Crippen molar-refractivity contribution in [2.24, 2.45) is 0 Å². The Kier molecular flexibility index (Phi) is 4.37. The molecule has 0 saturated heterocycles. The van der Waals surface area contributed by atoms with Gasteiger partial charge in [0.05, 0.1) is 7.11 Å². The Morgan fingerprint density at radius 1 is 1.29 bits per heavy atom. The Balaban J connectivity index is 2.01. The molecule has 0 aliphatic rings. The second-order valence-corrected chi connectivity index (χ2v) is 4.76. The van der Waals surface area contributed by atoms with Crippen molar-refractivity contribution in [2.75, 3.05) is 12.4 Å².